The van der Waals surface area contributed by atoms with Crippen LogP contribution in [-0.4, -0.2) is 61.1 Å². The molecule has 0 amide bonds. The van der Waals surface area contributed by atoms with Crippen LogP contribution in [0, 0.1) is 0 Å². The van der Waals surface area contributed by atoms with Gasteiger partial charge in [0.15, 0.2) is 5.58 Å². The van der Waals surface area contributed by atoms with Crippen LogP contribution < -0.4 is 11.1 Å². The van der Waals surface area contributed by atoms with Crippen LogP contribution in [0.3, 0.4) is 0 Å². The molecule has 0 spiro atoms. The molecule has 0 bridgehead atoms. The second kappa shape index (κ2) is 5.68. The summed E-state index contributed by atoms with van der Waals surface area (Å²) in [4.78, 5) is 9.20. The van der Waals surface area contributed by atoms with E-state index in [-0.39, 0.29) is 0 Å². The summed E-state index contributed by atoms with van der Waals surface area (Å²) in [5.41, 5.74) is 7.98. The zero-order valence-corrected chi connectivity index (χ0v) is 11.8. The molecule has 0 aliphatic carbocycles. The van der Waals surface area contributed by atoms with Gasteiger partial charge in [0, 0.05) is 51.0 Å². The quantitative estimate of drug-likeness (QED) is 0.813. The van der Waals surface area contributed by atoms with Gasteiger partial charge in [-0.05, 0) is 19.2 Å². The molecular weight excluding hydrogens is 254 g/mol. The minimum absolute atomic E-state index is 0.569. The first kappa shape index (κ1) is 13.2. The van der Waals surface area contributed by atoms with Crippen molar-refractivity contribution in [2.24, 2.45) is 0 Å². The summed E-state index contributed by atoms with van der Waals surface area (Å²) >= 11 is 0. The van der Waals surface area contributed by atoms with Gasteiger partial charge in [0.2, 0.25) is 0 Å². The van der Waals surface area contributed by atoms with E-state index in [4.69, 9.17) is 10.2 Å². The van der Waals surface area contributed by atoms with Gasteiger partial charge in [0.05, 0.1) is 0 Å². The lowest BCUT2D eigenvalue weighted by Gasteiger charge is -2.32. The number of nitrogens with two attached hydrogens (primary N) is 1. The summed E-state index contributed by atoms with van der Waals surface area (Å²) in [6.07, 6.45) is 0. The van der Waals surface area contributed by atoms with Crippen molar-refractivity contribution >= 4 is 22.8 Å². The van der Waals surface area contributed by atoms with Gasteiger partial charge >= 0.3 is 0 Å². The molecule has 1 saturated heterocycles. The fraction of sp³-hybridized carbons (Fsp3) is 0.500. The van der Waals surface area contributed by atoms with Crippen molar-refractivity contribution in [1.29, 1.82) is 0 Å². The molecule has 1 aromatic carbocycles. The summed E-state index contributed by atoms with van der Waals surface area (Å²) in [5, 5.41) is 3.24. The van der Waals surface area contributed by atoms with Crippen LogP contribution in [0.1, 0.15) is 0 Å². The number of nitrogen functional groups attached to an aromatic ring is 1. The molecule has 0 atom stereocenters. The highest BCUT2D eigenvalue weighted by Gasteiger charge is 2.13. The van der Waals surface area contributed by atoms with E-state index < -0.39 is 0 Å². The number of fused-ring (bicyclic) bond motifs is 1. The lowest BCUT2D eigenvalue weighted by Crippen LogP contribution is -2.45. The van der Waals surface area contributed by atoms with E-state index in [1.807, 2.05) is 12.1 Å². The van der Waals surface area contributed by atoms with E-state index in [9.17, 15) is 0 Å². The van der Waals surface area contributed by atoms with E-state index in [2.05, 4.69) is 27.1 Å². The van der Waals surface area contributed by atoms with Crippen LogP contribution in [-0.2, 0) is 0 Å². The molecule has 3 N–H and O–H groups in total. The van der Waals surface area contributed by atoms with E-state index in [0.29, 0.717) is 11.7 Å². The SMILES string of the molecule is CN1CCN(CCNc2nc3ccc(N)cc3o2)CC1. The van der Waals surface area contributed by atoms with Crippen molar-refractivity contribution in [3.8, 4) is 0 Å². The molecular formula is C14H21N5O. The van der Waals surface area contributed by atoms with Gasteiger partial charge in [-0.3, -0.25) is 4.90 Å². The number of hydrogen-bond donors (Lipinski definition) is 2. The Hall–Kier alpha value is -1.79. The van der Waals surface area contributed by atoms with Crippen LogP contribution in [0.15, 0.2) is 22.6 Å². The Bertz CT molecular complexity index is 574. The van der Waals surface area contributed by atoms with Crippen LogP contribution in [0.2, 0.25) is 0 Å². The van der Waals surface area contributed by atoms with Crippen molar-refractivity contribution in [1.82, 2.24) is 14.8 Å². The Balaban J connectivity index is 1.52. The van der Waals surface area contributed by atoms with E-state index in [1.165, 1.54) is 0 Å². The average molecular weight is 275 g/mol. The number of anilines is 2. The molecule has 1 aliphatic rings. The number of rotatable bonds is 4. The maximum Gasteiger partial charge on any atom is 0.295 e. The zero-order valence-electron chi connectivity index (χ0n) is 11.8. The van der Waals surface area contributed by atoms with Crippen molar-refractivity contribution in [2.45, 2.75) is 0 Å². The highest BCUT2D eigenvalue weighted by Crippen LogP contribution is 2.20. The minimum atomic E-state index is 0.569. The fourth-order valence-corrected chi connectivity index (χ4v) is 2.41. The molecule has 0 radical (unpaired) electrons. The third-order valence-corrected chi connectivity index (χ3v) is 3.71. The Morgan fingerprint density at radius 1 is 1.30 bits per heavy atom. The highest BCUT2D eigenvalue weighted by molar-refractivity contribution is 5.78. The standard InChI is InChI=1S/C14H21N5O/c1-18-6-8-19(9-7-18)5-4-16-14-17-12-3-2-11(15)10-13(12)20-14/h2-3,10H,4-9,15H2,1H3,(H,16,17). The molecule has 20 heavy (non-hydrogen) atoms. The molecule has 2 heterocycles. The van der Waals surface area contributed by atoms with Crippen LogP contribution >= 0.6 is 0 Å². The van der Waals surface area contributed by atoms with Crippen LogP contribution in [0.5, 0.6) is 0 Å². The third kappa shape index (κ3) is 3.02. The number of nitrogens with zero attached hydrogens (tertiary/aromatic N) is 3. The molecule has 1 aromatic heterocycles. The highest BCUT2D eigenvalue weighted by atomic mass is 16.4. The normalized spacial score (nSPS) is 17.6. The lowest BCUT2D eigenvalue weighted by atomic mass is 10.3. The first-order valence-electron chi connectivity index (χ1n) is 7.01. The van der Waals surface area contributed by atoms with Gasteiger partial charge in [0.25, 0.3) is 6.01 Å². The number of oxazole rings is 1. The summed E-state index contributed by atoms with van der Waals surface area (Å²) < 4.78 is 5.63. The number of aromatic nitrogens is 1. The summed E-state index contributed by atoms with van der Waals surface area (Å²) in [6.45, 7) is 6.38. The predicted octanol–water partition coefficient (Wildman–Crippen LogP) is 1.07. The predicted molar refractivity (Wildman–Crippen MR) is 80.8 cm³/mol. The summed E-state index contributed by atoms with van der Waals surface area (Å²) in [5.74, 6) is 0. The topological polar surface area (TPSA) is 70.6 Å². The van der Waals surface area contributed by atoms with Crippen molar-refractivity contribution in [2.75, 3.05) is 57.4 Å². The second-order valence-corrected chi connectivity index (χ2v) is 5.32. The molecule has 0 unspecified atom stereocenters. The number of piperazine rings is 1. The van der Waals surface area contributed by atoms with Gasteiger partial charge in [-0.25, -0.2) is 0 Å². The van der Waals surface area contributed by atoms with E-state index in [1.54, 1.807) is 6.07 Å². The molecule has 1 aliphatic heterocycles. The first-order valence-corrected chi connectivity index (χ1v) is 7.01. The Morgan fingerprint density at radius 2 is 2.10 bits per heavy atom. The Labute approximate surface area is 118 Å². The maximum atomic E-state index is 5.72. The summed E-state index contributed by atoms with van der Waals surface area (Å²) in [7, 11) is 2.17. The van der Waals surface area contributed by atoms with Gasteiger partial charge < -0.3 is 20.4 Å². The average Bonchev–Trinajstić information content (AvgIpc) is 2.83. The Kier molecular flexibility index (Phi) is 3.75. The molecule has 6 heteroatoms. The maximum absolute atomic E-state index is 5.72. The van der Waals surface area contributed by atoms with Crippen molar-refractivity contribution in [3.05, 3.63) is 18.2 Å². The van der Waals surface area contributed by atoms with Gasteiger partial charge in [0.1, 0.15) is 5.52 Å². The second-order valence-electron chi connectivity index (χ2n) is 5.32. The smallest absolute Gasteiger partial charge is 0.295 e. The van der Waals surface area contributed by atoms with Crippen LogP contribution in [0.25, 0.3) is 11.1 Å². The first-order chi connectivity index (χ1) is 9.70. The largest absolute Gasteiger partial charge is 0.423 e. The minimum Gasteiger partial charge on any atom is -0.423 e. The summed E-state index contributed by atoms with van der Waals surface area (Å²) in [6, 6.07) is 6.08. The Morgan fingerprint density at radius 3 is 2.90 bits per heavy atom. The zero-order chi connectivity index (χ0) is 13.9. The van der Waals surface area contributed by atoms with Gasteiger partial charge in [-0.2, -0.15) is 4.98 Å². The molecule has 3 rings (SSSR count). The fourth-order valence-electron chi connectivity index (χ4n) is 2.41. The van der Waals surface area contributed by atoms with Gasteiger partial charge in [-0.15, -0.1) is 0 Å². The number of likely N-dealkylation sites (N-methyl/N-ethyl adjacent to an activating group) is 1. The monoisotopic (exact) mass is 275 g/mol. The number of hydrogen-bond acceptors (Lipinski definition) is 6. The van der Waals surface area contributed by atoms with E-state index >= 15 is 0 Å². The number of benzene rings is 1. The van der Waals surface area contributed by atoms with Crippen molar-refractivity contribution in [3.63, 3.8) is 0 Å². The van der Waals surface area contributed by atoms with E-state index in [0.717, 1.165) is 50.4 Å². The molecule has 108 valence electrons. The molecule has 2 aromatic rings. The molecule has 0 saturated carbocycles. The van der Waals surface area contributed by atoms with Crippen LogP contribution in [0.4, 0.5) is 11.7 Å². The molecule has 6 nitrogen and oxygen atoms in total. The lowest BCUT2D eigenvalue weighted by molar-refractivity contribution is 0.158. The van der Waals surface area contributed by atoms with Gasteiger partial charge in [-0.1, -0.05) is 0 Å². The molecule has 1 fully saturated rings. The third-order valence-electron chi connectivity index (χ3n) is 3.71. The number of nitrogens with one attached hydrogen (secondary N) is 1. The van der Waals surface area contributed by atoms with Crippen molar-refractivity contribution < 1.29 is 4.42 Å².